The lowest BCUT2D eigenvalue weighted by Crippen LogP contribution is -2.44. The van der Waals surface area contributed by atoms with Gasteiger partial charge >= 0.3 is 12.1 Å². The summed E-state index contributed by atoms with van der Waals surface area (Å²) in [7, 11) is 0. The number of amides is 1. The van der Waals surface area contributed by atoms with Gasteiger partial charge in [-0.3, -0.25) is 4.79 Å². The minimum Gasteiger partial charge on any atom is -0.376 e. The summed E-state index contributed by atoms with van der Waals surface area (Å²) >= 11 is 0. The smallest absolute Gasteiger partial charge is 0.376 e. The molecule has 29 heavy (non-hydrogen) atoms. The Morgan fingerprint density at radius 1 is 1.34 bits per heavy atom. The number of benzene rings is 1. The topological polar surface area (TPSA) is 72.6 Å². The van der Waals surface area contributed by atoms with E-state index in [9.17, 15) is 18.0 Å². The number of rotatable bonds is 4. The molecular formula is C19H20F3N5O2. The molecule has 0 spiro atoms. The van der Waals surface area contributed by atoms with Crippen LogP contribution in [0.15, 0.2) is 18.2 Å². The molecule has 1 amide bonds. The summed E-state index contributed by atoms with van der Waals surface area (Å²) < 4.78 is 46.6. The van der Waals surface area contributed by atoms with Crippen molar-refractivity contribution in [2.45, 2.75) is 45.5 Å². The first-order chi connectivity index (χ1) is 13.8. The predicted molar refractivity (Wildman–Crippen MR) is 98.2 cm³/mol. The number of pyridine rings is 1. The summed E-state index contributed by atoms with van der Waals surface area (Å²) in [6, 6.07) is 5.56. The third kappa shape index (κ3) is 3.64. The molecule has 1 aromatic carbocycles. The summed E-state index contributed by atoms with van der Waals surface area (Å²) in [5, 5.41) is 12.5. The molecule has 0 N–H and O–H groups in total. The lowest BCUT2D eigenvalue weighted by atomic mass is 10.0. The molecule has 0 aliphatic carbocycles. The maximum atomic E-state index is 13.2. The van der Waals surface area contributed by atoms with Crippen LogP contribution < -0.4 is 0 Å². The van der Waals surface area contributed by atoms with Crippen LogP contribution >= 0.6 is 0 Å². The lowest BCUT2D eigenvalue weighted by Gasteiger charge is -2.26. The van der Waals surface area contributed by atoms with E-state index < -0.39 is 18.2 Å². The maximum Gasteiger partial charge on any atom is 0.471 e. The minimum atomic E-state index is -4.97. The van der Waals surface area contributed by atoms with Gasteiger partial charge in [0.15, 0.2) is 5.65 Å². The number of aromatic nitrogens is 4. The molecule has 1 atom stereocenters. The van der Waals surface area contributed by atoms with Crippen LogP contribution in [0.5, 0.6) is 0 Å². The largest absolute Gasteiger partial charge is 0.471 e. The number of aryl methyl sites for hydroxylation is 2. The van der Waals surface area contributed by atoms with Crippen LogP contribution in [0.25, 0.3) is 16.6 Å². The molecular weight excluding hydrogens is 387 g/mol. The molecule has 0 saturated carbocycles. The number of hydrogen-bond acceptors (Lipinski definition) is 5. The number of nitrogens with zero attached hydrogens (tertiary/aromatic N) is 5. The molecule has 3 aromatic rings. The molecule has 7 nitrogen and oxygen atoms in total. The fourth-order valence-electron chi connectivity index (χ4n) is 3.76. The molecule has 154 valence electrons. The van der Waals surface area contributed by atoms with E-state index in [1.54, 1.807) is 6.07 Å². The number of ether oxygens (including phenoxy) is 1. The molecule has 0 bridgehead atoms. The van der Waals surface area contributed by atoms with E-state index in [2.05, 4.69) is 15.5 Å². The summed E-state index contributed by atoms with van der Waals surface area (Å²) in [4.78, 5) is 12.9. The molecule has 0 unspecified atom stereocenters. The second-order valence-corrected chi connectivity index (χ2v) is 7.35. The average Bonchev–Trinajstić information content (AvgIpc) is 3.34. The van der Waals surface area contributed by atoms with Gasteiger partial charge in [-0.25, -0.2) is 0 Å². The van der Waals surface area contributed by atoms with Gasteiger partial charge < -0.3 is 9.64 Å². The van der Waals surface area contributed by atoms with Crippen LogP contribution in [0.1, 0.15) is 29.5 Å². The third-order valence-corrected chi connectivity index (χ3v) is 5.37. The maximum absolute atomic E-state index is 13.2. The molecule has 1 fully saturated rings. The van der Waals surface area contributed by atoms with Crippen molar-refractivity contribution in [1.29, 1.82) is 0 Å². The number of halogens is 3. The molecule has 0 radical (unpaired) electrons. The highest BCUT2D eigenvalue weighted by atomic mass is 19.4. The van der Waals surface area contributed by atoms with Gasteiger partial charge in [-0.1, -0.05) is 12.1 Å². The number of carbonyl (C=O) groups excluding carboxylic acids is 1. The Balaban J connectivity index is 1.77. The van der Waals surface area contributed by atoms with Crippen molar-refractivity contribution in [3.05, 3.63) is 34.9 Å². The summed E-state index contributed by atoms with van der Waals surface area (Å²) in [5.74, 6) is -1.89. The quantitative estimate of drug-likeness (QED) is 0.665. The molecule has 4 rings (SSSR count). The molecule has 1 aliphatic rings. The molecule has 3 heterocycles. The number of tetrazole rings is 1. The van der Waals surface area contributed by atoms with E-state index in [1.165, 1.54) is 4.52 Å². The van der Waals surface area contributed by atoms with Gasteiger partial charge in [0.25, 0.3) is 0 Å². The van der Waals surface area contributed by atoms with E-state index in [4.69, 9.17) is 4.74 Å². The van der Waals surface area contributed by atoms with E-state index in [0.717, 1.165) is 33.4 Å². The Morgan fingerprint density at radius 3 is 2.83 bits per heavy atom. The van der Waals surface area contributed by atoms with Crippen LogP contribution in [0, 0.1) is 13.8 Å². The monoisotopic (exact) mass is 407 g/mol. The van der Waals surface area contributed by atoms with Crippen molar-refractivity contribution < 1.29 is 22.7 Å². The van der Waals surface area contributed by atoms with Crippen molar-refractivity contribution in [1.82, 2.24) is 24.9 Å². The van der Waals surface area contributed by atoms with Gasteiger partial charge in [-0.05, 0) is 54.3 Å². The number of alkyl halides is 3. The Labute approximate surface area is 164 Å². The standard InChI is InChI=1S/C19H20F3N5O2/c1-11-5-6-13-8-14(17-23-24-25-27(17)16(13)12(11)2)9-26(18(28)19(20,21)22)10-15-4-3-7-29-15/h5-6,8,15H,3-4,7,9-10H2,1-2H3/t15-/m1/s1. The van der Waals surface area contributed by atoms with Crippen LogP contribution in [-0.4, -0.2) is 56.3 Å². The summed E-state index contributed by atoms with van der Waals surface area (Å²) in [6.07, 6.45) is -3.98. The van der Waals surface area contributed by atoms with Gasteiger partial charge in [-0.2, -0.15) is 17.7 Å². The molecule has 1 aliphatic heterocycles. The van der Waals surface area contributed by atoms with E-state index in [1.807, 2.05) is 26.0 Å². The highest BCUT2D eigenvalue weighted by Crippen LogP contribution is 2.27. The zero-order valence-corrected chi connectivity index (χ0v) is 16.0. The first-order valence-corrected chi connectivity index (χ1v) is 9.33. The van der Waals surface area contributed by atoms with Gasteiger partial charge in [0, 0.05) is 30.6 Å². The third-order valence-electron chi connectivity index (χ3n) is 5.37. The summed E-state index contributed by atoms with van der Waals surface area (Å²) in [6.45, 7) is 4.01. The van der Waals surface area contributed by atoms with Crippen molar-refractivity contribution in [3.63, 3.8) is 0 Å². The number of fused-ring (bicyclic) bond motifs is 3. The predicted octanol–water partition coefficient (Wildman–Crippen LogP) is 2.96. The number of carbonyl (C=O) groups is 1. The Morgan fingerprint density at radius 2 is 2.14 bits per heavy atom. The van der Waals surface area contributed by atoms with E-state index in [0.29, 0.717) is 24.2 Å². The van der Waals surface area contributed by atoms with Crippen molar-refractivity contribution >= 4 is 22.5 Å². The van der Waals surface area contributed by atoms with Gasteiger partial charge in [0.05, 0.1) is 11.6 Å². The van der Waals surface area contributed by atoms with Gasteiger partial charge in [-0.15, -0.1) is 5.10 Å². The van der Waals surface area contributed by atoms with Crippen molar-refractivity contribution in [2.24, 2.45) is 0 Å². The van der Waals surface area contributed by atoms with Crippen LogP contribution in [-0.2, 0) is 16.1 Å². The van der Waals surface area contributed by atoms with E-state index in [-0.39, 0.29) is 13.1 Å². The normalized spacial score (nSPS) is 17.3. The van der Waals surface area contributed by atoms with Crippen LogP contribution in [0.3, 0.4) is 0 Å². The highest BCUT2D eigenvalue weighted by molar-refractivity contribution is 5.87. The first-order valence-electron chi connectivity index (χ1n) is 9.33. The Bertz CT molecular complexity index is 1070. The highest BCUT2D eigenvalue weighted by Gasteiger charge is 2.43. The minimum absolute atomic E-state index is 0.128. The molecule has 10 heteroatoms. The lowest BCUT2D eigenvalue weighted by molar-refractivity contribution is -0.187. The second kappa shape index (κ2) is 7.25. The molecule has 2 aromatic heterocycles. The Kier molecular flexibility index (Phi) is 4.89. The SMILES string of the molecule is Cc1ccc2cc(CN(C[C@H]3CCCO3)C(=O)C(F)(F)F)c3nnnn3c2c1C. The first kappa shape index (κ1) is 19.6. The fraction of sp³-hybridized carbons (Fsp3) is 0.474. The zero-order chi connectivity index (χ0) is 20.8. The zero-order valence-electron chi connectivity index (χ0n) is 16.0. The average molecular weight is 407 g/mol. The fourth-order valence-corrected chi connectivity index (χ4v) is 3.76. The van der Waals surface area contributed by atoms with Gasteiger partial charge in [0.1, 0.15) is 0 Å². The van der Waals surface area contributed by atoms with Gasteiger partial charge in [0.2, 0.25) is 0 Å². The summed E-state index contributed by atoms with van der Waals surface area (Å²) in [5.41, 5.74) is 3.60. The van der Waals surface area contributed by atoms with Crippen molar-refractivity contribution in [3.8, 4) is 0 Å². The molecule has 1 saturated heterocycles. The van der Waals surface area contributed by atoms with Crippen molar-refractivity contribution in [2.75, 3.05) is 13.2 Å². The second-order valence-electron chi connectivity index (χ2n) is 7.35. The van der Waals surface area contributed by atoms with Crippen LogP contribution in [0.2, 0.25) is 0 Å². The Hall–Kier alpha value is -2.75. The number of hydrogen-bond donors (Lipinski definition) is 0. The van der Waals surface area contributed by atoms with Crippen LogP contribution in [0.4, 0.5) is 13.2 Å². The van der Waals surface area contributed by atoms with E-state index >= 15 is 0 Å².